The SMILES string of the molecule is O=C1C(Br)=C(C(F)(F)F)C(=O)c2ccccc21. The first-order valence-electron chi connectivity index (χ1n) is 4.49. The van der Waals surface area contributed by atoms with Crippen LogP contribution in [0, 0.1) is 0 Å². The molecule has 0 aromatic heterocycles. The lowest BCUT2D eigenvalue weighted by Gasteiger charge is -2.19. The molecule has 0 heterocycles. The predicted molar refractivity (Wildman–Crippen MR) is 57.1 cm³/mol. The minimum Gasteiger partial charge on any atom is -0.289 e. The van der Waals surface area contributed by atoms with Crippen LogP contribution in [0.15, 0.2) is 34.3 Å². The maximum Gasteiger partial charge on any atom is 0.421 e. The first-order chi connectivity index (χ1) is 7.84. The van der Waals surface area contributed by atoms with Crippen molar-refractivity contribution in [3.05, 3.63) is 45.4 Å². The molecule has 1 aromatic carbocycles. The average molecular weight is 305 g/mol. The molecule has 2 rings (SSSR count). The molecule has 0 saturated carbocycles. The fourth-order valence-electron chi connectivity index (χ4n) is 1.60. The van der Waals surface area contributed by atoms with E-state index >= 15 is 0 Å². The van der Waals surface area contributed by atoms with Crippen molar-refractivity contribution >= 4 is 27.5 Å². The Hall–Kier alpha value is -1.43. The van der Waals surface area contributed by atoms with Crippen LogP contribution in [0.25, 0.3) is 0 Å². The number of Topliss-reactive ketones (excluding diaryl/α,β-unsaturated/α-hetero) is 2. The van der Waals surface area contributed by atoms with Gasteiger partial charge >= 0.3 is 6.18 Å². The molecule has 1 aliphatic carbocycles. The minimum absolute atomic E-state index is 0.0163. The molecule has 0 radical (unpaired) electrons. The van der Waals surface area contributed by atoms with Gasteiger partial charge in [0, 0.05) is 11.1 Å². The van der Waals surface area contributed by atoms with Gasteiger partial charge in [-0.1, -0.05) is 24.3 Å². The van der Waals surface area contributed by atoms with E-state index in [1.54, 1.807) is 0 Å². The average Bonchev–Trinajstić information content (AvgIpc) is 2.24. The third-order valence-electron chi connectivity index (χ3n) is 2.35. The molecule has 0 aliphatic heterocycles. The van der Waals surface area contributed by atoms with Gasteiger partial charge in [0.25, 0.3) is 0 Å². The van der Waals surface area contributed by atoms with Crippen LogP contribution in [-0.4, -0.2) is 17.7 Å². The van der Waals surface area contributed by atoms with Crippen molar-refractivity contribution in [2.45, 2.75) is 6.18 Å². The molecule has 0 spiro atoms. The van der Waals surface area contributed by atoms with E-state index in [0.717, 1.165) is 0 Å². The zero-order chi connectivity index (χ0) is 12.8. The highest BCUT2D eigenvalue weighted by molar-refractivity contribution is 9.12. The van der Waals surface area contributed by atoms with Crippen LogP contribution in [-0.2, 0) is 0 Å². The molecule has 2 nitrogen and oxygen atoms in total. The van der Waals surface area contributed by atoms with Crippen molar-refractivity contribution in [3.63, 3.8) is 0 Å². The lowest BCUT2D eigenvalue weighted by atomic mass is 9.89. The number of carbonyl (C=O) groups is 2. The molecule has 17 heavy (non-hydrogen) atoms. The van der Waals surface area contributed by atoms with E-state index in [-0.39, 0.29) is 11.1 Å². The number of carbonyl (C=O) groups excluding carboxylic acids is 2. The number of hydrogen-bond acceptors (Lipinski definition) is 2. The number of fused-ring (bicyclic) bond motifs is 1. The summed E-state index contributed by atoms with van der Waals surface area (Å²) in [6.07, 6.45) is -4.85. The molecule has 1 aromatic rings. The van der Waals surface area contributed by atoms with Crippen LogP contribution >= 0.6 is 15.9 Å². The Morgan fingerprint density at radius 2 is 1.41 bits per heavy atom. The molecule has 0 N–H and O–H groups in total. The summed E-state index contributed by atoms with van der Waals surface area (Å²) in [5.74, 6) is -2.01. The number of rotatable bonds is 0. The third kappa shape index (κ3) is 1.82. The molecular formula is C11H4BrF3O2. The molecule has 6 heteroatoms. The summed E-state index contributed by atoms with van der Waals surface area (Å²) in [5.41, 5.74) is -1.67. The Bertz CT molecular complexity index is 558. The molecule has 0 amide bonds. The number of ketones is 2. The molecule has 88 valence electrons. The van der Waals surface area contributed by atoms with Crippen LogP contribution in [0.5, 0.6) is 0 Å². The van der Waals surface area contributed by atoms with Gasteiger partial charge in [-0.2, -0.15) is 13.2 Å². The molecular weight excluding hydrogens is 301 g/mol. The van der Waals surface area contributed by atoms with Crippen molar-refractivity contribution in [1.82, 2.24) is 0 Å². The fourth-order valence-corrected chi connectivity index (χ4v) is 2.22. The van der Waals surface area contributed by atoms with Gasteiger partial charge in [-0.05, 0) is 15.9 Å². The largest absolute Gasteiger partial charge is 0.421 e. The molecule has 0 fully saturated rings. The molecule has 1 aliphatic rings. The van der Waals surface area contributed by atoms with E-state index in [9.17, 15) is 22.8 Å². The second-order valence-corrected chi connectivity index (χ2v) is 4.18. The lowest BCUT2D eigenvalue weighted by Crippen LogP contribution is -2.28. The van der Waals surface area contributed by atoms with Crippen LogP contribution in [0.3, 0.4) is 0 Å². The quantitative estimate of drug-likeness (QED) is 0.737. The highest BCUT2D eigenvalue weighted by atomic mass is 79.9. The minimum atomic E-state index is -4.85. The number of alkyl halides is 3. The lowest BCUT2D eigenvalue weighted by molar-refractivity contribution is -0.0890. The normalized spacial score (nSPS) is 16.2. The summed E-state index contributed by atoms with van der Waals surface area (Å²) >= 11 is 2.56. The van der Waals surface area contributed by atoms with E-state index < -0.39 is 27.8 Å². The maximum atomic E-state index is 12.6. The van der Waals surface area contributed by atoms with E-state index in [0.29, 0.717) is 0 Å². The summed E-state index contributed by atoms with van der Waals surface area (Å²) in [6.45, 7) is 0. The van der Waals surface area contributed by atoms with Gasteiger partial charge in [-0.3, -0.25) is 9.59 Å². The molecule has 0 unspecified atom stereocenters. The van der Waals surface area contributed by atoms with E-state index in [1.165, 1.54) is 24.3 Å². The predicted octanol–water partition coefficient (Wildman–Crippen LogP) is 3.28. The second-order valence-electron chi connectivity index (χ2n) is 3.39. The van der Waals surface area contributed by atoms with Gasteiger partial charge in [0.05, 0.1) is 4.48 Å². The summed E-state index contributed by atoms with van der Waals surface area (Å²) in [7, 11) is 0. The number of allylic oxidation sites excluding steroid dienone is 2. The van der Waals surface area contributed by atoms with Gasteiger partial charge in [0.1, 0.15) is 5.57 Å². The standard InChI is InChI=1S/C11H4BrF3O2/c12-8-7(11(13,14)15)9(16)5-3-1-2-4-6(5)10(8)17/h1-4H. The Labute approximate surface area is 102 Å². The Balaban J connectivity index is 2.71. The summed E-state index contributed by atoms with van der Waals surface area (Å²) in [6, 6.07) is 5.44. The summed E-state index contributed by atoms with van der Waals surface area (Å²) < 4.78 is 37.2. The smallest absolute Gasteiger partial charge is 0.289 e. The third-order valence-corrected chi connectivity index (χ3v) is 3.10. The Morgan fingerprint density at radius 3 is 1.88 bits per heavy atom. The van der Waals surface area contributed by atoms with Crippen molar-refractivity contribution in [2.75, 3.05) is 0 Å². The monoisotopic (exact) mass is 304 g/mol. The number of hydrogen-bond donors (Lipinski definition) is 0. The fraction of sp³-hybridized carbons (Fsp3) is 0.0909. The summed E-state index contributed by atoms with van der Waals surface area (Å²) in [4.78, 5) is 23.3. The van der Waals surface area contributed by atoms with Crippen molar-refractivity contribution < 1.29 is 22.8 Å². The maximum absolute atomic E-state index is 12.6. The van der Waals surface area contributed by atoms with Crippen molar-refractivity contribution in [1.29, 1.82) is 0 Å². The summed E-state index contributed by atoms with van der Waals surface area (Å²) in [5, 5.41) is 0. The highest BCUT2D eigenvalue weighted by Crippen LogP contribution is 2.38. The first-order valence-corrected chi connectivity index (χ1v) is 5.28. The van der Waals surface area contributed by atoms with Crippen LogP contribution in [0.4, 0.5) is 13.2 Å². The Kier molecular flexibility index (Phi) is 2.69. The van der Waals surface area contributed by atoms with E-state index in [1.807, 2.05) is 0 Å². The van der Waals surface area contributed by atoms with Gasteiger partial charge in [0.15, 0.2) is 5.78 Å². The van der Waals surface area contributed by atoms with Gasteiger partial charge < -0.3 is 0 Å². The zero-order valence-corrected chi connectivity index (χ0v) is 9.72. The van der Waals surface area contributed by atoms with Gasteiger partial charge in [0.2, 0.25) is 5.78 Å². The van der Waals surface area contributed by atoms with Gasteiger partial charge in [-0.15, -0.1) is 0 Å². The highest BCUT2D eigenvalue weighted by Gasteiger charge is 2.46. The second kappa shape index (κ2) is 3.80. The zero-order valence-electron chi connectivity index (χ0n) is 8.14. The number of halogens is 4. The Morgan fingerprint density at radius 1 is 0.941 bits per heavy atom. The molecule has 0 atom stereocenters. The van der Waals surface area contributed by atoms with Crippen molar-refractivity contribution in [3.8, 4) is 0 Å². The topological polar surface area (TPSA) is 34.1 Å². The molecule has 0 saturated heterocycles. The van der Waals surface area contributed by atoms with Crippen molar-refractivity contribution in [2.24, 2.45) is 0 Å². The molecule has 0 bridgehead atoms. The van der Waals surface area contributed by atoms with E-state index in [4.69, 9.17) is 0 Å². The van der Waals surface area contributed by atoms with Gasteiger partial charge in [-0.25, -0.2) is 0 Å². The van der Waals surface area contributed by atoms with Crippen LogP contribution < -0.4 is 0 Å². The van der Waals surface area contributed by atoms with Crippen LogP contribution in [0.2, 0.25) is 0 Å². The van der Waals surface area contributed by atoms with Crippen LogP contribution in [0.1, 0.15) is 20.7 Å². The first kappa shape index (κ1) is 12.0. The van der Waals surface area contributed by atoms with E-state index in [2.05, 4.69) is 15.9 Å². The number of benzene rings is 1.